The van der Waals surface area contributed by atoms with Gasteiger partial charge in [0.15, 0.2) is 10.2 Å². The number of fused-ring (bicyclic) bond motifs is 1. The second kappa shape index (κ2) is 6.72. The SMILES string of the molecule is Cc1ccc(C(=O)NC(=S)Nc2nc3ccc(O)cc3s2)c(Cl)c1. The van der Waals surface area contributed by atoms with Gasteiger partial charge in [-0.3, -0.25) is 10.1 Å². The van der Waals surface area contributed by atoms with E-state index in [1.807, 2.05) is 6.92 Å². The summed E-state index contributed by atoms with van der Waals surface area (Å²) in [7, 11) is 0. The lowest BCUT2D eigenvalue weighted by Crippen LogP contribution is -2.34. The Hall–Kier alpha value is -2.22. The summed E-state index contributed by atoms with van der Waals surface area (Å²) >= 11 is 12.5. The van der Waals surface area contributed by atoms with Crippen LogP contribution in [0.3, 0.4) is 0 Å². The van der Waals surface area contributed by atoms with Gasteiger partial charge in [-0.15, -0.1) is 0 Å². The number of phenolic OH excluding ortho intramolecular Hbond substituents is 1. The Morgan fingerprint density at radius 2 is 2.08 bits per heavy atom. The molecule has 0 unspecified atom stereocenters. The summed E-state index contributed by atoms with van der Waals surface area (Å²) in [6.45, 7) is 1.89. The third kappa shape index (κ3) is 3.64. The number of carbonyl (C=O) groups is 1. The zero-order valence-corrected chi connectivity index (χ0v) is 14.9. The molecule has 5 nitrogen and oxygen atoms in total. The van der Waals surface area contributed by atoms with Gasteiger partial charge >= 0.3 is 0 Å². The summed E-state index contributed by atoms with van der Waals surface area (Å²) in [4.78, 5) is 16.6. The van der Waals surface area contributed by atoms with Crippen LogP contribution in [0.1, 0.15) is 15.9 Å². The fourth-order valence-corrected chi connectivity index (χ4v) is 3.55. The van der Waals surface area contributed by atoms with E-state index in [1.54, 1.807) is 36.4 Å². The third-order valence-corrected chi connectivity index (χ3v) is 4.64. The van der Waals surface area contributed by atoms with Gasteiger partial charge in [0.05, 0.1) is 20.8 Å². The van der Waals surface area contributed by atoms with Gasteiger partial charge in [-0.25, -0.2) is 4.98 Å². The van der Waals surface area contributed by atoms with Gasteiger partial charge in [-0.1, -0.05) is 29.0 Å². The van der Waals surface area contributed by atoms with Crippen molar-refractivity contribution in [1.82, 2.24) is 10.3 Å². The first kappa shape index (κ1) is 16.6. The molecule has 0 aliphatic rings. The molecule has 0 fully saturated rings. The number of aromatic nitrogens is 1. The number of nitrogens with zero attached hydrogens (tertiary/aromatic N) is 1. The molecule has 0 spiro atoms. The average molecular weight is 378 g/mol. The van der Waals surface area contributed by atoms with Gasteiger partial charge in [0, 0.05) is 0 Å². The Morgan fingerprint density at radius 1 is 1.29 bits per heavy atom. The molecule has 0 bridgehead atoms. The normalized spacial score (nSPS) is 10.6. The molecule has 1 amide bonds. The molecule has 0 aliphatic heterocycles. The molecule has 0 saturated heterocycles. The summed E-state index contributed by atoms with van der Waals surface area (Å²) in [6.07, 6.45) is 0. The Balaban J connectivity index is 1.71. The number of rotatable bonds is 2. The van der Waals surface area contributed by atoms with E-state index in [0.29, 0.717) is 15.7 Å². The molecule has 2 aromatic carbocycles. The number of thiazole rings is 1. The van der Waals surface area contributed by atoms with Gasteiger partial charge in [0.25, 0.3) is 5.91 Å². The highest BCUT2D eigenvalue weighted by Gasteiger charge is 2.13. The Morgan fingerprint density at radius 3 is 2.83 bits per heavy atom. The highest BCUT2D eigenvalue weighted by Crippen LogP contribution is 2.28. The number of aryl methyl sites for hydroxylation is 1. The summed E-state index contributed by atoms with van der Waals surface area (Å²) in [5.41, 5.74) is 2.05. The maximum atomic E-state index is 12.2. The lowest BCUT2D eigenvalue weighted by atomic mass is 10.1. The topological polar surface area (TPSA) is 74.2 Å². The second-order valence-electron chi connectivity index (χ2n) is 5.06. The van der Waals surface area contributed by atoms with E-state index in [2.05, 4.69) is 15.6 Å². The van der Waals surface area contributed by atoms with Gasteiger partial charge in [-0.2, -0.15) is 0 Å². The number of carbonyl (C=O) groups excluding carboxylic acids is 1. The van der Waals surface area contributed by atoms with E-state index in [1.165, 1.54) is 11.3 Å². The van der Waals surface area contributed by atoms with Crippen LogP contribution in [0.5, 0.6) is 5.75 Å². The molecule has 1 aromatic heterocycles. The molecular weight excluding hydrogens is 366 g/mol. The van der Waals surface area contributed by atoms with Crippen LogP contribution in [0.15, 0.2) is 36.4 Å². The van der Waals surface area contributed by atoms with Crippen LogP contribution in [0.2, 0.25) is 5.02 Å². The Labute approximate surface area is 152 Å². The number of benzene rings is 2. The standard InChI is InChI=1S/C16H12ClN3O2S2/c1-8-2-4-10(11(17)6-8)14(22)19-15(23)20-16-18-12-5-3-9(21)7-13(12)24-16/h2-7,21H,1H3,(H2,18,19,20,22,23). The van der Waals surface area contributed by atoms with E-state index in [-0.39, 0.29) is 10.9 Å². The van der Waals surface area contributed by atoms with E-state index in [0.717, 1.165) is 15.8 Å². The molecule has 122 valence electrons. The molecule has 24 heavy (non-hydrogen) atoms. The summed E-state index contributed by atoms with van der Waals surface area (Å²) in [5.74, 6) is -0.223. The number of hydrogen-bond donors (Lipinski definition) is 3. The Kier molecular flexibility index (Phi) is 4.66. The van der Waals surface area contributed by atoms with Crippen molar-refractivity contribution in [1.29, 1.82) is 0 Å². The first-order valence-corrected chi connectivity index (χ1v) is 8.51. The van der Waals surface area contributed by atoms with E-state index in [4.69, 9.17) is 23.8 Å². The van der Waals surface area contributed by atoms with Gasteiger partial charge in [0.2, 0.25) is 0 Å². The number of thiocarbonyl (C=S) groups is 1. The quantitative estimate of drug-likeness (QED) is 0.586. The fraction of sp³-hybridized carbons (Fsp3) is 0.0625. The first-order valence-electron chi connectivity index (χ1n) is 6.90. The van der Waals surface area contributed by atoms with Crippen LogP contribution in [-0.4, -0.2) is 21.1 Å². The van der Waals surface area contributed by atoms with Crippen molar-refractivity contribution < 1.29 is 9.90 Å². The predicted octanol–water partition coefficient (Wildman–Crippen LogP) is 4.09. The van der Waals surface area contributed by atoms with Crippen LogP contribution < -0.4 is 10.6 Å². The van der Waals surface area contributed by atoms with Crippen molar-refractivity contribution in [2.24, 2.45) is 0 Å². The molecular formula is C16H12ClN3O2S2. The maximum Gasteiger partial charge on any atom is 0.258 e. The van der Waals surface area contributed by atoms with Crippen molar-refractivity contribution in [3.05, 3.63) is 52.5 Å². The van der Waals surface area contributed by atoms with Crippen molar-refractivity contribution in [2.45, 2.75) is 6.92 Å². The maximum absolute atomic E-state index is 12.2. The predicted molar refractivity (Wildman–Crippen MR) is 101 cm³/mol. The molecule has 0 aliphatic carbocycles. The number of nitrogens with one attached hydrogen (secondary N) is 2. The molecule has 0 saturated carbocycles. The van der Waals surface area contributed by atoms with Crippen LogP contribution in [0, 0.1) is 6.92 Å². The van der Waals surface area contributed by atoms with Crippen molar-refractivity contribution in [2.75, 3.05) is 5.32 Å². The number of aromatic hydroxyl groups is 1. The number of anilines is 1. The van der Waals surface area contributed by atoms with Crippen molar-refractivity contribution in [3.8, 4) is 5.75 Å². The summed E-state index contributed by atoms with van der Waals surface area (Å²) in [6, 6.07) is 10.1. The number of amides is 1. The number of phenols is 1. The smallest absolute Gasteiger partial charge is 0.258 e. The lowest BCUT2D eigenvalue weighted by molar-refractivity contribution is 0.0978. The second-order valence-corrected chi connectivity index (χ2v) is 6.91. The van der Waals surface area contributed by atoms with Crippen molar-refractivity contribution >= 4 is 61.5 Å². The van der Waals surface area contributed by atoms with E-state index >= 15 is 0 Å². The number of hydrogen-bond acceptors (Lipinski definition) is 5. The average Bonchev–Trinajstić information content (AvgIpc) is 2.87. The van der Waals surface area contributed by atoms with Crippen molar-refractivity contribution in [3.63, 3.8) is 0 Å². The number of halogens is 1. The summed E-state index contributed by atoms with van der Waals surface area (Å²) < 4.78 is 0.813. The van der Waals surface area contributed by atoms with Crippen LogP contribution in [-0.2, 0) is 0 Å². The molecule has 8 heteroatoms. The third-order valence-electron chi connectivity index (χ3n) is 3.19. The molecule has 0 atom stereocenters. The molecule has 1 heterocycles. The minimum atomic E-state index is -0.392. The van der Waals surface area contributed by atoms with Gasteiger partial charge in [0.1, 0.15) is 5.75 Å². The lowest BCUT2D eigenvalue weighted by Gasteiger charge is -2.08. The largest absolute Gasteiger partial charge is 0.508 e. The fourth-order valence-electron chi connectivity index (χ4n) is 2.07. The van der Waals surface area contributed by atoms with Crippen LogP contribution in [0.25, 0.3) is 10.2 Å². The minimum absolute atomic E-state index is 0.125. The first-order chi connectivity index (χ1) is 11.4. The molecule has 0 radical (unpaired) electrons. The van der Waals surface area contributed by atoms with E-state index in [9.17, 15) is 9.90 Å². The van der Waals surface area contributed by atoms with Gasteiger partial charge < -0.3 is 10.4 Å². The van der Waals surface area contributed by atoms with Gasteiger partial charge in [-0.05, 0) is 55.0 Å². The minimum Gasteiger partial charge on any atom is -0.508 e. The molecule has 3 aromatic rings. The monoisotopic (exact) mass is 377 g/mol. The molecule has 3 rings (SSSR count). The zero-order valence-electron chi connectivity index (χ0n) is 12.5. The van der Waals surface area contributed by atoms with Crippen LogP contribution >= 0.6 is 35.2 Å². The highest BCUT2D eigenvalue weighted by atomic mass is 35.5. The highest BCUT2D eigenvalue weighted by molar-refractivity contribution is 7.80. The van der Waals surface area contributed by atoms with Crippen LogP contribution in [0.4, 0.5) is 5.13 Å². The van der Waals surface area contributed by atoms with E-state index < -0.39 is 5.91 Å². The zero-order chi connectivity index (χ0) is 17.3. The summed E-state index contributed by atoms with van der Waals surface area (Å²) in [5, 5.41) is 15.9. The Bertz CT molecular complexity index is 956. The molecule has 3 N–H and O–H groups in total.